The van der Waals surface area contributed by atoms with E-state index in [1.54, 1.807) is 18.5 Å². The lowest BCUT2D eigenvalue weighted by Crippen LogP contribution is -2.30. The van der Waals surface area contributed by atoms with Crippen LogP contribution >= 0.6 is 11.8 Å². The molecule has 0 bridgehead atoms. The summed E-state index contributed by atoms with van der Waals surface area (Å²) < 4.78 is 4.97. The van der Waals surface area contributed by atoms with Gasteiger partial charge in [0.2, 0.25) is 0 Å². The lowest BCUT2D eigenvalue weighted by Gasteiger charge is -1.94. The molecule has 0 aliphatic heterocycles. The van der Waals surface area contributed by atoms with Gasteiger partial charge in [-0.05, 0) is 6.07 Å². The Balaban J connectivity index is 1.96. The van der Waals surface area contributed by atoms with Crippen LogP contribution in [0.3, 0.4) is 0 Å². The Morgan fingerprint density at radius 3 is 2.94 bits per heavy atom. The smallest absolute Gasteiger partial charge is 0.287 e. The van der Waals surface area contributed by atoms with Gasteiger partial charge in [0, 0.05) is 18.5 Å². The predicted octanol–water partition coefficient (Wildman–Crippen LogP) is 0.360. The number of thioether (sulfide) groups is 1. The molecule has 17 heavy (non-hydrogen) atoms. The van der Waals surface area contributed by atoms with Crippen LogP contribution in [0.15, 0.2) is 34.2 Å². The van der Waals surface area contributed by atoms with Crippen molar-refractivity contribution >= 4 is 17.7 Å². The maximum atomic E-state index is 11.1. The van der Waals surface area contributed by atoms with Gasteiger partial charge in [-0.25, -0.2) is 15.8 Å². The maximum absolute atomic E-state index is 11.1. The SMILES string of the molecule is NNC(=O)c1cc(CSc2ncccn2)on1. The molecule has 0 atom stereocenters. The van der Waals surface area contributed by atoms with Gasteiger partial charge < -0.3 is 4.52 Å². The highest BCUT2D eigenvalue weighted by molar-refractivity contribution is 7.98. The zero-order valence-electron chi connectivity index (χ0n) is 8.66. The van der Waals surface area contributed by atoms with E-state index in [-0.39, 0.29) is 5.69 Å². The first-order valence-corrected chi connectivity index (χ1v) is 5.64. The summed E-state index contributed by atoms with van der Waals surface area (Å²) in [5, 5.41) is 4.21. The summed E-state index contributed by atoms with van der Waals surface area (Å²) >= 11 is 1.39. The molecule has 3 N–H and O–H groups in total. The lowest BCUT2D eigenvalue weighted by molar-refractivity contribution is 0.0944. The van der Waals surface area contributed by atoms with Crippen LogP contribution in [-0.4, -0.2) is 21.0 Å². The van der Waals surface area contributed by atoms with E-state index >= 15 is 0 Å². The molecule has 2 rings (SSSR count). The molecule has 0 fully saturated rings. The van der Waals surface area contributed by atoms with Crippen LogP contribution in [-0.2, 0) is 5.75 Å². The number of hydrogen-bond acceptors (Lipinski definition) is 7. The van der Waals surface area contributed by atoms with Crippen molar-refractivity contribution in [2.75, 3.05) is 0 Å². The molecule has 0 aromatic carbocycles. The van der Waals surface area contributed by atoms with Gasteiger partial charge >= 0.3 is 0 Å². The number of rotatable bonds is 4. The number of nitrogens with zero attached hydrogens (tertiary/aromatic N) is 3. The average molecular weight is 251 g/mol. The van der Waals surface area contributed by atoms with Crippen molar-refractivity contribution in [3.63, 3.8) is 0 Å². The number of hydrazine groups is 1. The Bertz CT molecular complexity index is 501. The van der Waals surface area contributed by atoms with Gasteiger partial charge in [0.05, 0.1) is 5.75 Å². The highest BCUT2D eigenvalue weighted by atomic mass is 32.2. The van der Waals surface area contributed by atoms with E-state index in [0.29, 0.717) is 16.7 Å². The van der Waals surface area contributed by atoms with E-state index in [9.17, 15) is 4.79 Å². The largest absolute Gasteiger partial charge is 0.360 e. The minimum Gasteiger partial charge on any atom is -0.360 e. The first kappa shape index (κ1) is 11.6. The second-order valence-electron chi connectivity index (χ2n) is 2.97. The number of amides is 1. The third kappa shape index (κ3) is 3.02. The first-order valence-electron chi connectivity index (χ1n) is 4.66. The number of nitrogens with two attached hydrogens (primary N) is 1. The third-order valence-electron chi connectivity index (χ3n) is 1.81. The Morgan fingerprint density at radius 1 is 1.47 bits per heavy atom. The van der Waals surface area contributed by atoms with E-state index in [2.05, 4.69) is 15.1 Å². The van der Waals surface area contributed by atoms with Crippen LogP contribution in [0.4, 0.5) is 0 Å². The summed E-state index contributed by atoms with van der Waals surface area (Å²) in [5.41, 5.74) is 2.13. The molecule has 2 heterocycles. The number of carbonyl (C=O) groups excluding carboxylic acids is 1. The van der Waals surface area contributed by atoms with Crippen molar-refractivity contribution in [3.8, 4) is 0 Å². The quantitative estimate of drug-likeness (QED) is 0.265. The number of hydrogen-bond donors (Lipinski definition) is 2. The fraction of sp³-hybridized carbons (Fsp3) is 0.111. The molecule has 2 aromatic rings. The summed E-state index contributed by atoms with van der Waals surface area (Å²) in [6.07, 6.45) is 3.31. The number of aromatic nitrogens is 3. The zero-order valence-corrected chi connectivity index (χ0v) is 9.48. The van der Waals surface area contributed by atoms with Crippen molar-refractivity contribution in [2.24, 2.45) is 5.84 Å². The zero-order chi connectivity index (χ0) is 12.1. The number of nitrogens with one attached hydrogen (secondary N) is 1. The minimum atomic E-state index is -0.485. The van der Waals surface area contributed by atoms with Crippen LogP contribution in [0.1, 0.15) is 16.2 Å². The fourth-order valence-electron chi connectivity index (χ4n) is 1.06. The molecule has 1 amide bonds. The lowest BCUT2D eigenvalue weighted by atomic mass is 10.4. The molecule has 88 valence electrons. The van der Waals surface area contributed by atoms with Crippen molar-refractivity contribution in [1.82, 2.24) is 20.6 Å². The standard InChI is InChI=1S/C9H9N5O2S/c10-13-8(15)7-4-6(16-14-7)5-17-9-11-2-1-3-12-9/h1-4H,5,10H2,(H,13,15). The van der Waals surface area contributed by atoms with Gasteiger partial charge in [-0.1, -0.05) is 16.9 Å². The van der Waals surface area contributed by atoms with Crippen molar-refractivity contribution in [1.29, 1.82) is 0 Å². The van der Waals surface area contributed by atoms with Gasteiger partial charge in [-0.15, -0.1) is 0 Å². The fourth-order valence-corrected chi connectivity index (χ4v) is 1.74. The summed E-state index contributed by atoms with van der Waals surface area (Å²) in [6, 6.07) is 3.26. The second-order valence-corrected chi connectivity index (χ2v) is 3.91. The van der Waals surface area contributed by atoms with Crippen LogP contribution in [0, 0.1) is 0 Å². The maximum Gasteiger partial charge on any atom is 0.287 e. The van der Waals surface area contributed by atoms with Crippen molar-refractivity contribution in [2.45, 2.75) is 10.9 Å². The second kappa shape index (κ2) is 5.41. The van der Waals surface area contributed by atoms with Gasteiger partial charge in [-0.2, -0.15) is 0 Å². The summed E-state index contributed by atoms with van der Waals surface area (Å²) in [6.45, 7) is 0. The molecule has 0 aliphatic carbocycles. The molecule has 2 aromatic heterocycles. The Hall–Kier alpha value is -1.93. The van der Waals surface area contributed by atoms with E-state index in [1.165, 1.54) is 17.8 Å². The number of carbonyl (C=O) groups is 1. The van der Waals surface area contributed by atoms with Gasteiger partial charge in [0.25, 0.3) is 5.91 Å². The van der Waals surface area contributed by atoms with Crippen LogP contribution in [0.5, 0.6) is 0 Å². The molecule has 0 saturated heterocycles. The summed E-state index contributed by atoms with van der Waals surface area (Å²) in [7, 11) is 0. The third-order valence-corrected chi connectivity index (χ3v) is 2.71. The van der Waals surface area contributed by atoms with Crippen LogP contribution < -0.4 is 11.3 Å². The first-order chi connectivity index (χ1) is 8.29. The van der Waals surface area contributed by atoms with E-state index in [1.807, 2.05) is 5.43 Å². The predicted molar refractivity (Wildman–Crippen MR) is 59.7 cm³/mol. The number of nitrogen functional groups attached to an aromatic ring is 1. The molecule has 0 spiro atoms. The van der Waals surface area contributed by atoms with Gasteiger partial charge in [-0.3, -0.25) is 10.2 Å². The van der Waals surface area contributed by atoms with E-state index < -0.39 is 5.91 Å². The molecular weight excluding hydrogens is 242 g/mol. The highest BCUT2D eigenvalue weighted by Gasteiger charge is 2.11. The molecular formula is C9H9N5O2S. The molecule has 0 radical (unpaired) electrons. The van der Waals surface area contributed by atoms with E-state index in [4.69, 9.17) is 10.4 Å². The molecule has 0 unspecified atom stereocenters. The van der Waals surface area contributed by atoms with Gasteiger partial charge in [0.15, 0.2) is 10.9 Å². The Kier molecular flexibility index (Phi) is 3.68. The molecule has 7 nitrogen and oxygen atoms in total. The minimum absolute atomic E-state index is 0.150. The molecule has 8 heteroatoms. The topological polar surface area (TPSA) is 107 Å². The van der Waals surface area contributed by atoms with Crippen molar-refractivity contribution in [3.05, 3.63) is 36.0 Å². The summed E-state index contributed by atoms with van der Waals surface area (Å²) in [5.74, 6) is 5.54. The normalized spacial score (nSPS) is 10.2. The Morgan fingerprint density at radius 2 is 2.24 bits per heavy atom. The van der Waals surface area contributed by atoms with Crippen LogP contribution in [0.25, 0.3) is 0 Å². The Labute approximate surface area is 101 Å². The van der Waals surface area contributed by atoms with Gasteiger partial charge in [0.1, 0.15) is 5.76 Å². The average Bonchev–Trinajstić information content (AvgIpc) is 2.85. The summed E-state index contributed by atoms with van der Waals surface area (Å²) in [4.78, 5) is 19.2. The van der Waals surface area contributed by atoms with Crippen molar-refractivity contribution < 1.29 is 9.32 Å². The molecule has 0 saturated carbocycles. The molecule has 0 aliphatic rings. The monoisotopic (exact) mass is 251 g/mol. The highest BCUT2D eigenvalue weighted by Crippen LogP contribution is 2.18. The van der Waals surface area contributed by atoms with Crippen LogP contribution in [0.2, 0.25) is 0 Å². The van der Waals surface area contributed by atoms with E-state index in [0.717, 1.165) is 0 Å².